The number of hydrogen-bond acceptors (Lipinski definition) is 5. The average Bonchev–Trinajstić information content (AvgIpc) is 2.70. The topological polar surface area (TPSA) is 84.9 Å². The van der Waals surface area contributed by atoms with Crippen LogP contribution in [-0.2, 0) is 27.7 Å². The van der Waals surface area contributed by atoms with E-state index in [-0.39, 0.29) is 10.8 Å². The molecule has 0 unspecified atom stereocenters. The van der Waals surface area contributed by atoms with Crippen molar-refractivity contribution >= 4 is 27.3 Å². The van der Waals surface area contributed by atoms with E-state index in [9.17, 15) is 13.2 Å². The van der Waals surface area contributed by atoms with Gasteiger partial charge in [0.2, 0.25) is 5.91 Å². The minimum Gasteiger partial charge on any atom is -0.486 e. The van der Waals surface area contributed by atoms with Gasteiger partial charge >= 0.3 is 0 Å². The van der Waals surface area contributed by atoms with Gasteiger partial charge in [0.15, 0.2) is 11.5 Å². The molecule has 2 aromatic carbocycles. The lowest BCUT2D eigenvalue weighted by molar-refractivity contribution is -0.119. The van der Waals surface area contributed by atoms with Crippen molar-refractivity contribution in [3.05, 3.63) is 41.5 Å². The Kier molecular flexibility index (Phi) is 3.97. The summed E-state index contributed by atoms with van der Waals surface area (Å²) >= 11 is 0. The van der Waals surface area contributed by atoms with E-state index in [0.717, 1.165) is 36.2 Å². The van der Waals surface area contributed by atoms with Gasteiger partial charge in [0.1, 0.15) is 13.2 Å². The molecule has 3 aliphatic heterocycles. The van der Waals surface area contributed by atoms with E-state index in [1.807, 2.05) is 17.0 Å². The van der Waals surface area contributed by atoms with Crippen LogP contribution in [0.5, 0.6) is 11.5 Å². The number of rotatable bonds is 3. The van der Waals surface area contributed by atoms with Crippen molar-refractivity contribution in [2.45, 2.75) is 30.6 Å². The van der Waals surface area contributed by atoms with Crippen molar-refractivity contribution in [3.63, 3.8) is 0 Å². The minimum atomic E-state index is -3.77. The lowest BCUT2D eigenvalue weighted by atomic mass is 9.91. The quantitative estimate of drug-likeness (QED) is 0.856. The molecule has 0 atom stereocenters. The van der Waals surface area contributed by atoms with E-state index in [4.69, 9.17) is 9.47 Å². The molecule has 3 aliphatic rings. The van der Waals surface area contributed by atoms with E-state index in [1.54, 1.807) is 6.07 Å². The summed E-state index contributed by atoms with van der Waals surface area (Å²) in [4.78, 5) is 14.2. The summed E-state index contributed by atoms with van der Waals surface area (Å²) in [6.45, 7) is 1.59. The average molecular weight is 400 g/mol. The van der Waals surface area contributed by atoms with Gasteiger partial charge in [0.05, 0.1) is 10.6 Å². The van der Waals surface area contributed by atoms with Crippen molar-refractivity contribution in [2.24, 2.45) is 0 Å². The van der Waals surface area contributed by atoms with E-state index < -0.39 is 10.0 Å². The van der Waals surface area contributed by atoms with Crippen LogP contribution < -0.4 is 19.1 Å². The highest BCUT2D eigenvalue weighted by Gasteiger charge is 2.30. The van der Waals surface area contributed by atoms with Crippen LogP contribution in [0.1, 0.15) is 24.0 Å². The molecular weight excluding hydrogens is 380 g/mol. The molecule has 0 saturated heterocycles. The molecule has 0 saturated carbocycles. The van der Waals surface area contributed by atoms with Crippen LogP contribution >= 0.6 is 0 Å². The van der Waals surface area contributed by atoms with Crippen LogP contribution in [0.4, 0.5) is 11.4 Å². The maximum absolute atomic E-state index is 12.9. The zero-order valence-corrected chi connectivity index (χ0v) is 16.0. The maximum Gasteiger partial charge on any atom is 0.262 e. The predicted octanol–water partition coefficient (Wildman–Crippen LogP) is 2.48. The molecule has 0 bridgehead atoms. The molecule has 1 amide bonds. The van der Waals surface area contributed by atoms with E-state index in [1.165, 1.54) is 12.1 Å². The summed E-state index contributed by atoms with van der Waals surface area (Å²) in [5, 5.41) is 0. The molecule has 2 aromatic rings. The van der Waals surface area contributed by atoms with Gasteiger partial charge in [0.25, 0.3) is 10.0 Å². The number of benzene rings is 2. The summed E-state index contributed by atoms with van der Waals surface area (Å²) in [5.41, 5.74) is 3.55. The summed E-state index contributed by atoms with van der Waals surface area (Å²) in [6.07, 6.45) is 2.82. The maximum atomic E-state index is 12.9. The number of ether oxygens (including phenoxy) is 2. The molecule has 5 rings (SSSR count). The molecule has 7 nitrogen and oxygen atoms in total. The monoisotopic (exact) mass is 400 g/mol. The van der Waals surface area contributed by atoms with Gasteiger partial charge in [0, 0.05) is 24.7 Å². The molecule has 0 radical (unpaired) electrons. The number of sulfonamides is 1. The first kappa shape index (κ1) is 17.4. The Morgan fingerprint density at radius 3 is 2.50 bits per heavy atom. The fourth-order valence-electron chi connectivity index (χ4n) is 4.12. The van der Waals surface area contributed by atoms with Crippen molar-refractivity contribution in [2.75, 3.05) is 29.4 Å². The molecular formula is C20H20N2O5S. The van der Waals surface area contributed by atoms with Gasteiger partial charge in [-0.1, -0.05) is 0 Å². The lowest BCUT2D eigenvalue weighted by Gasteiger charge is -2.35. The molecule has 1 N–H and O–H groups in total. The molecule has 8 heteroatoms. The zero-order chi connectivity index (χ0) is 19.3. The second-order valence-corrected chi connectivity index (χ2v) is 8.89. The fourth-order valence-corrected chi connectivity index (χ4v) is 5.17. The van der Waals surface area contributed by atoms with Gasteiger partial charge in [-0.15, -0.1) is 0 Å². The number of aryl methyl sites for hydroxylation is 2. The molecule has 0 fully saturated rings. The van der Waals surface area contributed by atoms with Crippen LogP contribution in [-0.4, -0.2) is 34.1 Å². The molecule has 28 heavy (non-hydrogen) atoms. The van der Waals surface area contributed by atoms with Crippen molar-refractivity contribution < 1.29 is 22.7 Å². The molecule has 0 aromatic heterocycles. The first-order valence-corrected chi connectivity index (χ1v) is 10.9. The Labute approximate surface area is 163 Å². The van der Waals surface area contributed by atoms with Crippen LogP contribution in [0.25, 0.3) is 0 Å². The highest BCUT2D eigenvalue weighted by Crippen LogP contribution is 2.39. The highest BCUT2D eigenvalue weighted by atomic mass is 32.2. The van der Waals surface area contributed by atoms with Gasteiger partial charge in [-0.25, -0.2) is 8.42 Å². The number of carbonyl (C=O) groups is 1. The predicted molar refractivity (Wildman–Crippen MR) is 104 cm³/mol. The normalized spacial score (nSPS) is 17.9. The van der Waals surface area contributed by atoms with E-state index >= 15 is 0 Å². The Morgan fingerprint density at radius 2 is 1.68 bits per heavy atom. The van der Waals surface area contributed by atoms with Gasteiger partial charge in [-0.05, 0) is 54.7 Å². The van der Waals surface area contributed by atoms with Crippen molar-refractivity contribution in [1.29, 1.82) is 0 Å². The largest absolute Gasteiger partial charge is 0.486 e. The van der Waals surface area contributed by atoms with Crippen molar-refractivity contribution in [3.8, 4) is 11.5 Å². The zero-order valence-electron chi connectivity index (χ0n) is 15.2. The summed E-state index contributed by atoms with van der Waals surface area (Å²) < 4.78 is 39.5. The van der Waals surface area contributed by atoms with E-state index in [0.29, 0.717) is 43.2 Å². The third-order valence-corrected chi connectivity index (χ3v) is 6.73. The first-order chi connectivity index (χ1) is 13.5. The number of anilines is 2. The molecule has 0 aliphatic carbocycles. The van der Waals surface area contributed by atoms with Crippen LogP contribution in [0.2, 0.25) is 0 Å². The first-order valence-electron chi connectivity index (χ1n) is 9.40. The van der Waals surface area contributed by atoms with Crippen LogP contribution in [0, 0.1) is 0 Å². The van der Waals surface area contributed by atoms with Crippen LogP contribution in [0.15, 0.2) is 35.2 Å². The number of amides is 1. The molecule has 0 spiro atoms. The Bertz CT molecular complexity index is 1060. The lowest BCUT2D eigenvalue weighted by Crippen LogP contribution is -2.39. The minimum absolute atomic E-state index is 0.125. The number of carbonyl (C=O) groups excluding carboxylic acids is 1. The third-order valence-electron chi connectivity index (χ3n) is 5.35. The Hall–Kier alpha value is -2.74. The number of hydrogen-bond donors (Lipinski definition) is 1. The summed E-state index contributed by atoms with van der Waals surface area (Å²) in [5.74, 6) is 1.13. The Balaban J connectivity index is 1.48. The SMILES string of the molecule is O=C1CCc2cc(NS(=O)(=O)c3ccc4c(c3)OCCO4)cc3c2N1CCC3. The van der Waals surface area contributed by atoms with Crippen LogP contribution in [0.3, 0.4) is 0 Å². The number of nitrogens with zero attached hydrogens (tertiary/aromatic N) is 1. The molecule has 146 valence electrons. The van der Waals surface area contributed by atoms with Crippen molar-refractivity contribution in [1.82, 2.24) is 0 Å². The summed E-state index contributed by atoms with van der Waals surface area (Å²) in [7, 11) is -3.77. The summed E-state index contributed by atoms with van der Waals surface area (Å²) in [6, 6.07) is 8.31. The van der Waals surface area contributed by atoms with E-state index in [2.05, 4.69) is 4.72 Å². The second-order valence-electron chi connectivity index (χ2n) is 7.20. The number of fused-ring (bicyclic) bond motifs is 1. The Morgan fingerprint density at radius 1 is 0.929 bits per heavy atom. The standard InChI is InChI=1S/C20H20N2O5S/c23-19-6-3-14-11-15(10-13-2-1-7-22(19)20(13)14)21-28(24,25)16-4-5-17-18(12-16)27-9-8-26-17/h4-5,10-12,21H,1-3,6-9H2. The third kappa shape index (κ3) is 2.88. The molecule has 3 heterocycles. The highest BCUT2D eigenvalue weighted by molar-refractivity contribution is 7.92. The fraction of sp³-hybridized carbons (Fsp3) is 0.350. The second kappa shape index (κ2) is 6.41. The van der Waals surface area contributed by atoms with Gasteiger partial charge < -0.3 is 14.4 Å². The number of nitrogens with one attached hydrogen (secondary N) is 1. The smallest absolute Gasteiger partial charge is 0.262 e. The van der Waals surface area contributed by atoms with Gasteiger partial charge in [-0.3, -0.25) is 9.52 Å². The van der Waals surface area contributed by atoms with Gasteiger partial charge in [-0.2, -0.15) is 0 Å².